The van der Waals surface area contributed by atoms with Crippen molar-refractivity contribution in [2.75, 3.05) is 12.0 Å². The molecule has 0 aliphatic rings. The fourth-order valence-corrected chi connectivity index (χ4v) is 3.19. The van der Waals surface area contributed by atoms with E-state index in [-0.39, 0.29) is 11.5 Å². The Morgan fingerprint density at radius 2 is 2.07 bits per heavy atom. The minimum atomic E-state index is -0.266. The summed E-state index contributed by atoms with van der Waals surface area (Å²) in [6.45, 7) is 4.73. The highest BCUT2D eigenvalue weighted by Crippen LogP contribution is 2.18. The van der Waals surface area contributed by atoms with Gasteiger partial charge in [-0.1, -0.05) is 30.7 Å². The number of hydrogen-bond acceptors (Lipinski definition) is 4. The normalized spacial score (nSPS) is 10.8. The number of carbonyl (C=O) groups excluding carboxylic acids is 1. The second-order valence-electron chi connectivity index (χ2n) is 6.24. The summed E-state index contributed by atoms with van der Waals surface area (Å²) in [5.41, 5.74) is 4.78. The zero-order chi connectivity index (χ0) is 19.4. The predicted molar refractivity (Wildman–Crippen MR) is 108 cm³/mol. The number of benzene rings is 1. The van der Waals surface area contributed by atoms with Gasteiger partial charge in [0.2, 0.25) is 0 Å². The number of nitrogens with one attached hydrogen (secondary N) is 2. The summed E-state index contributed by atoms with van der Waals surface area (Å²) in [4.78, 5) is 29.8. The van der Waals surface area contributed by atoms with E-state index in [0.29, 0.717) is 40.1 Å². The molecule has 0 saturated carbocycles. The molecule has 0 radical (unpaired) electrons. The topological polar surface area (TPSA) is 76.0 Å². The van der Waals surface area contributed by atoms with Crippen LogP contribution in [0.5, 0.6) is 0 Å². The van der Waals surface area contributed by atoms with Gasteiger partial charge in [0.15, 0.2) is 0 Å². The van der Waals surface area contributed by atoms with E-state index in [1.54, 1.807) is 37.5 Å². The van der Waals surface area contributed by atoms with Crippen molar-refractivity contribution in [1.82, 2.24) is 15.0 Å². The van der Waals surface area contributed by atoms with E-state index in [4.69, 9.17) is 11.6 Å². The zero-order valence-corrected chi connectivity index (χ0v) is 16.0. The molecule has 6 nitrogen and oxygen atoms in total. The van der Waals surface area contributed by atoms with Gasteiger partial charge >= 0.3 is 0 Å². The summed E-state index contributed by atoms with van der Waals surface area (Å²) >= 11 is 6.00. The quantitative estimate of drug-likeness (QED) is 0.684. The van der Waals surface area contributed by atoms with Gasteiger partial charge in [0.25, 0.3) is 11.5 Å². The van der Waals surface area contributed by atoms with Gasteiger partial charge in [-0.2, -0.15) is 0 Å². The molecule has 0 aliphatic heterocycles. The largest absolute Gasteiger partial charge is 0.348 e. The van der Waals surface area contributed by atoms with Crippen molar-refractivity contribution in [1.29, 1.82) is 0 Å². The van der Waals surface area contributed by atoms with Gasteiger partial charge in [0.05, 0.1) is 16.6 Å². The van der Waals surface area contributed by atoms with Gasteiger partial charge < -0.3 is 10.7 Å². The van der Waals surface area contributed by atoms with E-state index in [0.717, 1.165) is 12.0 Å². The van der Waals surface area contributed by atoms with Crippen molar-refractivity contribution in [3.8, 4) is 0 Å². The van der Waals surface area contributed by atoms with Gasteiger partial charge in [-0.3, -0.25) is 14.6 Å². The summed E-state index contributed by atoms with van der Waals surface area (Å²) < 4.78 is 1.44. The van der Waals surface area contributed by atoms with Crippen molar-refractivity contribution in [3.63, 3.8) is 0 Å². The lowest BCUT2D eigenvalue weighted by atomic mass is 10.1. The number of fused-ring (bicyclic) bond motifs is 1. The van der Waals surface area contributed by atoms with Gasteiger partial charge in [0, 0.05) is 35.9 Å². The van der Waals surface area contributed by atoms with E-state index < -0.39 is 0 Å². The highest BCUT2D eigenvalue weighted by Gasteiger charge is 2.19. The van der Waals surface area contributed by atoms with E-state index in [2.05, 4.69) is 15.7 Å². The molecule has 7 heteroatoms. The maximum absolute atomic E-state index is 13.0. The fraction of sp³-hybridized carbons (Fsp3) is 0.250. The number of nitrogens with zero attached hydrogens (tertiary/aromatic N) is 2. The second-order valence-corrected chi connectivity index (χ2v) is 6.68. The molecule has 1 aromatic carbocycles. The highest BCUT2D eigenvalue weighted by atomic mass is 35.5. The molecule has 2 heterocycles. The van der Waals surface area contributed by atoms with Crippen molar-refractivity contribution in [2.45, 2.75) is 26.8 Å². The zero-order valence-electron chi connectivity index (χ0n) is 15.3. The van der Waals surface area contributed by atoms with Crippen LogP contribution in [0.3, 0.4) is 0 Å². The third-order valence-electron chi connectivity index (χ3n) is 4.31. The minimum Gasteiger partial charge on any atom is -0.348 e. The number of carbonyl (C=O) groups is 1. The molecule has 0 atom stereocenters. The Hall–Kier alpha value is -2.86. The van der Waals surface area contributed by atoms with Crippen molar-refractivity contribution in [2.24, 2.45) is 0 Å². The van der Waals surface area contributed by atoms with Crippen LogP contribution >= 0.6 is 11.6 Å². The number of amides is 1. The van der Waals surface area contributed by atoms with Crippen molar-refractivity contribution >= 4 is 28.3 Å². The lowest BCUT2D eigenvalue weighted by Crippen LogP contribution is -2.35. The molecule has 0 saturated heterocycles. The Morgan fingerprint density at radius 3 is 2.81 bits per heavy atom. The maximum Gasteiger partial charge on any atom is 0.277 e. The van der Waals surface area contributed by atoms with E-state index in [1.165, 1.54) is 4.68 Å². The molecular formula is C20H21ClN4O2. The van der Waals surface area contributed by atoms with E-state index in [9.17, 15) is 9.59 Å². The highest BCUT2D eigenvalue weighted by molar-refractivity contribution is 6.30. The lowest BCUT2D eigenvalue weighted by molar-refractivity contribution is 0.0951. The van der Waals surface area contributed by atoms with Gasteiger partial charge in [-0.15, -0.1) is 0 Å². The van der Waals surface area contributed by atoms with Gasteiger partial charge in [0.1, 0.15) is 0 Å². The molecule has 1 amide bonds. The third kappa shape index (κ3) is 3.95. The number of hydrogen-bond donors (Lipinski definition) is 2. The smallest absolute Gasteiger partial charge is 0.277 e. The van der Waals surface area contributed by atoms with Crippen LogP contribution in [0.2, 0.25) is 5.02 Å². The summed E-state index contributed by atoms with van der Waals surface area (Å²) in [5.74, 6) is -0.266. The van der Waals surface area contributed by atoms with Crippen LogP contribution in [0.1, 0.15) is 35.0 Å². The first kappa shape index (κ1) is 18.9. The number of aromatic nitrogens is 2. The molecule has 0 bridgehead atoms. The SMILES string of the molecule is CCCNn1c(C)c(C(=O)NCc2cccc(Cl)c2)c2cnccc2c1=O. The Bertz CT molecular complexity index is 1050. The van der Waals surface area contributed by atoms with Crippen LogP contribution in [0.4, 0.5) is 0 Å². The average molecular weight is 385 g/mol. The van der Waals surface area contributed by atoms with Crippen molar-refractivity contribution < 1.29 is 4.79 Å². The van der Waals surface area contributed by atoms with E-state index in [1.807, 2.05) is 19.1 Å². The first-order valence-electron chi connectivity index (χ1n) is 8.78. The van der Waals surface area contributed by atoms with Crippen LogP contribution < -0.4 is 16.3 Å². The molecule has 0 fully saturated rings. The van der Waals surface area contributed by atoms with Gasteiger partial charge in [-0.05, 0) is 37.1 Å². The summed E-state index contributed by atoms with van der Waals surface area (Å²) in [5, 5.41) is 4.52. The van der Waals surface area contributed by atoms with Crippen LogP contribution in [0.15, 0.2) is 47.5 Å². The Morgan fingerprint density at radius 1 is 1.26 bits per heavy atom. The standard InChI is InChI=1S/C20H21ClN4O2/c1-3-8-24-25-13(2)18(17-12-22-9-7-16(17)20(25)27)19(26)23-11-14-5-4-6-15(21)10-14/h4-7,9-10,12,24H,3,8,11H2,1-2H3,(H,23,26). The first-order valence-corrected chi connectivity index (χ1v) is 9.16. The predicted octanol–water partition coefficient (Wildman–Crippen LogP) is 3.24. The van der Waals surface area contributed by atoms with E-state index >= 15 is 0 Å². The van der Waals surface area contributed by atoms with Crippen LogP contribution in [-0.4, -0.2) is 22.1 Å². The number of pyridine rings is 2. The molecule has 3 aromatic rings. The number of rotatable bonds is 6. The maximum atomic E-state index is 13.0. The first-order chi connectivity index (χ1) is 13.0. The van der Waals surface area contributed by atoms with Crippen LogP contribution in [0.25, 0.3) is 10.8 Å². The second kappa shape index (κ2) is 8.22. The molecule has 3 rings (SSSR count). The number of halogens is 1. The van der Waals surface area contributed by atoms with Gasteiger partial charge in [-0.25, -0.2) is 4.68 Å². The Balaban J connectivity index is 2.01. The molecule has 0 aliphatic carbocycles. The summed E-state index contributed by atoms with van der Waals surface area (Å²) in [7, 11) is 0. The van der Waals surface area contributed by atoms with Crippen LogP contribution in [-0.2, 0) is 6.54 Å². The molecule has 140 valence electrons. The van der Waals surface area contributed by atoms with Crippen molar-refractivity contribution in [3.05, 3.63) is 74.9 Å². The third-order valence-corrected chi connectivity index (χ3v) is 4.55. The molecular weight excluding hydrogens is 364 g/mol. The Labute approximate surface area is 162 Å². The molecule has 0 unspecified atom stereocenters. The average Bonchev–Trinajstić information content (AvgIpc) is 2.66. The molecule has 0 spiro atoms. The summed E-state index contributed by atoms with van der Waals surface area (Å²) in [6, 6.07) is 8.95. The molecule has 27 heavy (non-hydrogen) atoms. The Kier molecular flexibility index (Phi) is 5.76. The lowest BCUT2D eigenvalue weighted by Gasteiger charge is -2.18. The monoisotopic (exact) mass is 384 g/mol. The minimum absolute atomic E-state index is 0.190. The molecule has 2 N–H and O–H groups in total. The van der Waals surface area contributed by atoms with Crippen LogP contribution in [0, 0.1) is 6.92 Å². The fourth-order valence-electron chi connectivity index (χ4n) is 2.98. The molecule has 2 aromatic heterocycles. The summed E-state index contributed by atoms with van der Waals surface area (Å²) in [6.07, 6.45) is 3.97.